The van der Waals surface area contributed by atoms with Gasteiger partial charge in [-0.05, 0) is 24.6 Å². The number of carboxylic acids is 1. The fourth-order valence-electron chi connectivity index (χ4n) is 1.22. The molecule has 1 amide bonds. The van der Waals surface area contributed by atoms with Crippen molar-refractivity contribution in [3.8, 4) is 0 Å². The first-order valence-electron chi connectivity index (χ1n) is 5.06. The summed E-state index contributed by atoms with van der Waals surface area (Å²) in [5, 5.41) is 11.6. The quantitative estimate of drug-likeness (QED) is 0.822. The number of benzene rings is 1. The van der Waals surface area contributed by atoms with E-state index >= 15 is 0 Å². The number of amides is 1. The van der Waals surface area contributed by atoms with E-state index in [2.05, 4.69) is 5.32 Å². The van der Waals surface area contributed by atoms with Crippen LogP contribution in [0.15, 0.2) is 18.2 Å². The summed E-state index contributed by atoms with van der Waals surface area (Å²) in [6, 6.07) is 4.85. The van der Waals surface area contributed by atoms with Crippen LogP contribution in [-0.2, 0) is 4.79 Å². The highest BCUT2D eigenvalue weighted by molar-refractivity contribution is 5.95. The number of anilines is 1. The topological polar surface area (TPSA) is 66.4 Å². The molecule has 2 N–H and O–H groups in total. The van der Waals surface area contributed by atoms with Crippen LogP contribution in [0.1, 0.15) is 29.8 Å². The standard InChI is InChI=1S/C12H15NO3/c1-7(2)11(14)13-9-5-4-8(3)10(6-9)12(15)16/h4-7H,1-3H3,(H,13,14)(H,15,16). The maximum atomic E-state index is 11.4. The lowest BCUT2D eigenvalue weighted by Gasteiger charge is -2.09. The molecule has 1 aromatic carbocycles. The summed E-state index contributed by atoms with van der Waals surface area (Å²) >= 11 is 0. The molecule has 0 unspecified atom stereocenters. The molecule has 86 valence electrons. The monoisotopic (exact) mass is 221 g/mol. The molecule has 0 aromatic heterocycles. The lowest BCUT2D eigenvalue weighted by atomic mass is 10.1. The summed E-state index contributed by atoms with van der Waals surface area (Å²) in [5.41, 5.74) is 1.40. The third-order valence-corrected chi connectivity index (χ3v) is 2.26. The number of rotatable bonds is 3. The smallest absolute Gasteiger partial charge is 0.336 e. The van der Waals surface area contributed by atoms with Crippen LogP contribution in [0.25, 0.3) is 0 Å². The van der Waals surface area contributed by atoms with Crippen LogP contribution in [0.5, 0.6) is 0 Å². The highest BCUT2D eigenvalue weighted by Gasteiger charge is 2.11. The van der Waals surface area contributed by atoms with Gasteiger partial charge in [-0.3, -0.25) is 4.79 Å². The number of aryl methyl sites for hydroxylation is 1. The van der Waals surface area contributed by atoms with Crippen molar-refractivity contribution < 1.29 is 14.7 Å². The van der Waals surface area contributed by atoms with E-state index in [4.69, 9.17) is 5.11 Å². The average molecular weight is 221 g/mol. The van der Waals surface area contributed by atoms with E-state index in [-0.39, 0.29) is 17.4 Å². The molecule has 0 aliphatic rings. The second kappa shape index (κ2) is 4.79. The molecular formula is C12H15NO3. The van der Waals surface area contributed by atoms with Crippen molar-refractivity contribution in [2.24, 2.45) is 5.92 Å². The van der Waals surface area contributed by atoms with Gasteiger partial charge < -0.3 is 10.4 Å². The van der Waals surface area contributed by atoms with Gasteiger partial charge in [0.2, 0.25) is 5.91 Å². The summed E-state index contributed by atoms with van der Waals surface area (Å²) in [6.07, 6.45) is 0. The Kier molecular flexibility index (Phi) is 3.66. The van der Waals surface area contributed by atoms with Crippen LogP contribution in [0.4, 0.5) is 5.69 Å². The zero-order chi connectivity index (χ0) is 12.3. The Morgan fingerprint density at radius 3 is 2.44 bits per heavy atom. The SMILES string of the molecule is Cc1ccc(NC(=O)C(C)C)cc1C(=O)O. The van der Waals surface area contributed by atoms with Crippen molar-refractivity contribution >= 4 is 17.6 Å². The van der Waals surface area contributed by atoms with Gasteiger partial charge in [0.25, 0.3) is 0 Å². The maximum Gasteiger partial charge on any atom is 0.336 e. The number of carboxylic acid groups (broad SMARTS) is 1. The molecule has 16 heavy (non-hydrogen) atoms. The van der Waals surface area contributed by atoms with Gasteiger partial charge in [0, 0.05) is 11.6 Å². The van der Waals surface area contributed by atoms with Crippen molar-refractivity contribution in [3.05, 3.63) is 29.3 Å². The summed E-state index contributed by atoms with van der Waals surface area (Å²) < 4.78 is 0. The molecule has 0 saturated carbocycles. The minimum atomic E-state index is -0.988. The van der Waals surface area contributed by atoms with E-state index < -0.39 is 5.97 Å². The Balaban J connectivity index is 2.95. The van der Waals surface area contributed by atoms with E-state index in [0.717, 1.165) is 0 Å². The zero-order valence-electron chi connectivity index (χ0n) is 9.57. The van der Waals surface area contributed by atoms with E-state index in [0.29, 0.717) is 11.3 Å². The predicted molar refractivity (Wildman–Crippen MR) is 61.6 cm³/mol. The Bertz CT molecular complexity index is 424. The summed E-state index contributed by atoms with van der Waals surface area (Å²) in [6.45, 7) is 5.28. The fraction of sp³-hybridized carbons (Fsp3) is 0.333. The molecule has 0 saturated heterocycles. The first kappa shape index (κ1) is 12.2. The first-order valence-corrected chi connectivity index (χ1v) is 5.06. The second-order valence-corrected chi connectivity index (χ2v) is 3.98. The molecule has 0 fully saturated rings. The van der Waals surface area contributed by atoms with E-state index in [1.165, 1.54) is 6.07 Å². The van der Waals surface area contributed by atoms with E-state index in [9.17, 15) is 9.59 Å². The zero-order valence-corrected chi connectivity index (χ0v) is 9.57. The minimum absolute atomic E-state index is 0.125. The number of aromatic carboxylic acids is 1. The number of hydrogen-bond acceptors (Lipinski definition) is 2. The normalized spacial score (nSPS) is 10.2. The molecule has 0 spiro atoms. The third-order valence-electron chi connectivity index (χ3n) is 2.26. The van der Waals surface area contributed by atoms with Crippen molar-refractivity contribution in [2.45, 2.75) is 20.8 Å². The Labute approximate surface area is 94.3 Å². The van der Waals surface area contributed by atoms with Crippen LogP contribution in [0.2, 0.25) is 0 Å². The van der Waals surface area contributed by atoms with Crippen LogP contribution >= 0.6 is 0 Å². The molecular weight excluding hydrogens is 206 g/mol. The van der Waals surface area contributed by atoms with Crippen molar-refractivity contribution in [1.29, 1.82) is 0 Å². The van der Waals surface area contributed by atoms with Gasteiger partial charge in [-0.25, -0.2) is 4.79 Å². The van der Waals surface area contributed by atoms with Crippen molar-refractivity contribution in [3.63, 3.8) is 0 Å². The fourth-order valence-corrected chi connectivity index (χ4v) is 1.22. The molecule has 0 aliphatic carbocycles. The van der Waals surface area contributed by atoms with Gasteiger partial charge in [0.05, 0.1) is 5.56 Å². The highest BCUT2D eigenvalue weighted by atomic mass is 16.4. The number of carbonyl (C=O) groups is 2. The molecule has 0 heterocycles. The van der Waals surface area contributed by atoms with Crippen molar-refractivity contribution in [1.82, 2.24) is 0 Å². The number of nitrogens with one attached hydrogen (secondary N) is 1. The molecule has 4 heteroatoms. The summed E-state index contributed by atoms with van der Waals surface area (Å²) in [4.78, 5) is 22.3. The van der Waals surface area contributed by atoms with Gasteiger partial charge in [-0.1, -0.05) is 19.9 Å². The van der Waals surface area contributed by atoms with Gasteiger partial charge in [-0.15, -0.1) is 0 Å². The van der Waals surface area contributed by atoms with E-state index in [1.807, 2.05) is 0 Å². The Hall–Kier alpha value is -1.84. The van der Waals surface area contributed by atoms with Gasteiger partial charge in [-0.2, -0.15) is 0 Å². The van der Waals surface area contributed by atoms with Crippen LogP contribution < -0.4 is 5.32 Å². The predicted octanol–water partition coefficient (Wildman–Crippen LogP) is 2.29. The van der Waals surface area contributed by atoms with Gasteiger partial charge in [0.1, 0.15) is 0 Å². The second-order valence-electron chi connectivity index (χ2n) is 3.98. The third kappa shape index (κ3) is 2.82. The molecule has 0 radical (unpaired) electrons. The largest absolute Gasteiger partial charge is 0.478 e. The molecule has 0 atom stereocenters. The first-order chi connectivity index (χ1) is 7.41. The Morgan fingerprint density at radius 1 is 1.31 bits per heavy atom. The van der Waals surface area contributed by atoms with Crippen molar-refractivity contribution in [2.75, 3.05) is 5.32 Å². The van der Waals surface area contributed by atoms with Crippen LogP contribution in [0, 0.1) is 12.8 Å². The molecule has 1 aromatic rings. The average Bonchev–Trinajstić information content (AvgIpc) is 2.20. The molecule has 1 rings (SSSR count). The lowest BCUT2D eigenvalue weighted by molar-refractivity contribution is -0.118. The lowest BCUT2D eigenvalue weighted by Crippen LogP contribution is -2.18. The molecule has 0 bridgehead atoms. The summed E-state index contributed by atoms with van der Waals surface area (Å²) in [7, 11) is 0. The van der Waals surface area contributed by atoms with Crippen LogP contribution in [-0.4, -0.2) is 17.0 Å². The van der Waals surface area contributed by atoms with Gasteiger partial charge in [0.15, 0.2) is 0 Å². The minimum Gasteiger partial charge on any atom is -0.478 e. The van der Waals surface area contributed by atoms with Gasteiger partial charge >= 0.3 is 5.97 Å². The number of hydrogen-bond donors (Lipinski definition) is 2. The summed E-state index contributed by atoms with van der Waals surface area (Å²) in [5.74, 6) is -1.24. The number of carbonyl (C=O) groups excluding carboxylic acids is 1. The van der Waals surface area contributed by atoms with E-state index in [1.54, 1.807) is 32.9 Å². The molecule has 4 nitrogen and oxygen atoms in total. The maximum absolute atomic E-state index is 11.4. The highest BCUT2D eigenvalue weighted by Crippen LogP contribution is 2.16. The molecule has 0 aliphatic heterocycles. The van der Waals surface area contributed by atoms with Crippen LogP contribution in [0.3, 0.4) is 0 Å². The Morgan fingerprint density at radius 2 is 1.94 bits per heavy atom.